The lowest BCUT2D eigenvalue weighted by molar-refractivity contribution is -0.114. The van der Waals surface area contributed by atoms with Crippen molar-refractivity contribution in [3.8, 4) is 16.3 Å². The minimum Gasteiger partial charge on any atom is -0.494 e. The molecule has 1 N–H and O–H groups in total. The maximum absolute atomic E-state index is 13.9. The van der Waals surface area contributed by atoms with Gasteiger partial charge in [0.1, 0.15) is 16.5 Å². The van der Waals surface area contributed by atoms with E-state index in [2.05, 4.69) is 10.3 Å². The normalized spacial score (nSPS) is 11.2. The number of aromatic nitrogens is 1. The first-order valence-electron chi connectivity index (χ1n) is 11.4. The number of aryl methyl sites for hydroxylation is 1. The third-order valence-corrected chi connectivity index (χ3v) is 8.96. The van der Waals surface area contributed by atoms with E-state index in [1.54, 1.807) is 60.8 Å². The molecular formula is C27H27N3O4S2. The number of anilines is 2. The Bertz CT molecular complexity index is 1450. The molecule has 0 aliphatic rings. The van der Waals surface area contributed by atoms with Crippen LogP contribution in [0.2, 0.25) is 0 Å². The molecule has 0 atom stereocenters. The van der Waals surface area contributed by atoms with E-state index in [1.807, 2.05) is 39.0 Å². The number of thiophene rings is 1. The third-order valence-electron chi connectivity index (χ3n) is 5.62. The van der Waals surface area contributed by atoms with Crippen LogP contribution in [0.5, 0.6) is 5.75 Å². The Hall–Kier alpha value is -3.69. The van der Waals surface area contributed by atoms with E-state index in [-0.39, 0.29) is 10.8 Å². The van der Waals surface area contributed by atoms with E-state index in [4.69, 9.17) is 4.74 Å². The summed E-state index contributed by atoms with van der Waals surface area (Å²) in [5.41, 5.74) is 3.42. The Labute approximate surface area is 215 Å². The molecule has 4 rings (SSSR count). The first kappa shape index (κ1) is 25.4. The van der Waals surface area contributed by atoms with Gasteiger partial charge in [-0.3, -0.25) is 14.1 Å². The highest BCUT2D eigenvalue weighted by atomic mass is 32.2. The van der Waals surface area contributed by atoms with Crippen LogP contribution in [-0.4, -0.2) is 32.5 Å². The zero-order valence-corrected chi connectivity index (χ0v) is 21.9. The van der Waals surface area contributed by atoms with Crippen molar-refractivity contribution in [1.29, 1.82) is 0 Å². The number of carbonyl (C=O) groups excluding carboxylic acids is 1. The molecule has 2 aromatic carbocycles. The molecule has 0 bridgehead atoms. The highest BCUT2D eigenvalue weighted by Crippen LogP contribution is 2.34. The summed E-state index contributed by atoms with van der Waals surface area (Å²) in [6.45, 7) is 5.82. The smallest absolute Gasteiger partial charge is 0.274 e. The molecule has 0 radical (unpaired) electrons. The van der Waals surface area contributed by atoms with Crippen LogP contribution in [0.3, 0.4) is 0 Å². The van der Waals surface area contributed by atoms with Gasteiger partial charge in [-0.25, -0.2) is 8.42 Å². The summed E-state index contributed by atoms with van der Waals surface area (Å²) >= 11 is 1.13. The molecule has 2 aromatic heterocycles. The quantitative estimate of drug-likeness (QED) is 0.307. The van der Waals surface area contributed by atoms with E-state index in [0.29, 0.717) is 29.4 Å². The highest BCUT2D eigenvalue weighted by Gasteiger charge is 2.30. The molecule has 1 amide bonds. The Morgan fingerprint density at radius 1 is 1.00 bits per heavy atom. The van der Waals surface area contributed by atoms with Crippen molar-refractivity contribution >= 4 is 38.6 Å². The summed E-state index contributed by atoms with van der Waals surface area (Å²) in [7, 11) is -4.04. The maximum atomic E-state index is 13.9. The second-order valence-electron chi connectivity index (χ2n) is 8.07. The van der Waals surface area contributed by atoms with E-state index in [9.17, 15) is 13.2 Å². The van der Waals surface area contributed by atoms with Gasteiger partial charge in [-0.15, -0.1) is 11.3 Å². The number of amides is 1. The lowest BCUT2D eigenvalue weighted by Crippen LogP contribution is -2.38. The molecule has 0 saturated carbocycles. The molecule has 0 aliphatic carbocycles. The van der Waals surface area contributed by atoms with Crippen LogP contribution >= 0.6 is 11.3 Å². The van der Waals surface area contributed by atoms with Crippen molar-refractivity contribution in [2.75, 3.05) is 22.8 Å². The summed E-state index contributed by atoms with van der Waals surface area (Å²) in [4.78, 5) is 18.1. The van der Waals surface area contributed by atoms with Crippen molar-refractivity contribution in [3.05, 3.63) is 90.1 Å². The lowest BCUT2D eigenvalue weighted by Gasteiger charge is -2.25. The Kier molecular flexibility index (Phi) is 7.71. The van der Waals surface area contributed by atoms with Gasteiger partial charge in [0.05, 0.1) is 22.9 Å². The molecule has 4 aromatic rings. The molecule has 0 saturated heterocycles. The van der Waals surface area contributed by atoms with Gasteiger partial charge in [0.15, 0.2) is 0 Å². The van der Waals surface area contributed by atoms with Crippen LogP contribution in [0.1, 0.15) is 18.1 Å². The Morgan fingerprint density at radius 2 is 1.78 bits per heavy atom. The second kappa shape index (κ2) is 10.9. The second-order valence-corrected chi connectivity index (χ2v) is 11.2. The number of pyridine rings is 1. The van der Waals surface area contributed by atoms with Crippen LogP contribution in [0, 0.1) is 13.8 Å². The number of benzene rings is 2. The molecule has 186 valence electrons. The summed E-state index contributed by atoms with van der Waals surface area (Å²) in [6, 6.07) is 21.2. The summed E-state index contributed by atoms with van der Waals surface area (Å²) < 4.78 is 34.5. The van der Waals surface area contributed by atoms with Gasteiger partial charge in [0, 0.05) is 11.9 Å². The minimum absolute atomic E-state index is 0.137. The lowest BCUT2D eigenvalue weighted by atomic mass is 10.1. The fourth-order valence-corrected chi connectivity index (χ4v) is 6.53. The fraction of sp³-hybridized carbons (Fsp3) is 0.185. The average molecular weight is 522 g/mol. The van der Waals surface area contributed by atoms with E-state index < -0.39 is 15.9 Å². The fourth-order valence-electron chi connectivity index (χ4n) is 3.65. The monoisotopic (exact) mass is 521 g/mol. The van der Waals surface area contributed by atoms with Gasteiger partial charge in [-0.1, -0.05) is 18.2 Å². The van der Waals surface area contributed by atoms with Gasteiger partial charge < -0.3 is 10.1 Å². The first-order valence-corrected chi connectivity index (χ1v) is 13.7. The zero-order chi connectivity index (χ0) is 25.7. The minimum atomic E-state index is -4.04. The number of nitrogens with zero attached hydrogens (tertiary/aromatic N) is 2. The zero-order valence-electron chi connectivity index (χ0n) is 20.3. The average Bonchev–Trinajstić information content (AvgIpc) is 3.38. The first-order chi connectivity index (χ1) is 17.3. The SMILES string of the molecule is CCOc1ccc(NC(=O)CN(c2cccc(C)c2C)S(=O)(=O)c2ccc(-c3ccccn3)s2)cc1. The number of ether oxygens (including phenoxy) is 1. The van der Waals surface area contributed by atoms with Crippen molar-refractivity contribution in [2.45, 2.75) is 25.0 Å². The molecule has 0 aliphatic heterocycles. The highest BCUT2D eigenvalue weighted by molar-refractivity contribution is 7.94. The predicted octanol–water partition coefficient (Wildman–Crippen LogP) is 5.66. The summed E-state index contributed by atoms with van der Waals surface area (Å²) in [5, 5.41) is 2.79. The van der Waals surface area contributed by atoms with Gasteiger partial charge >= 0.3 is 0 Å². The molecular weight excluding hydrogens is 494 g/mol. The van der Waals surface area contributed by atoms with Crippen LogP contribution in [0.25, 0.3) is 10.6 Å². The van der Waals surface area contributed by atoms with Crippen LogP contribution < -0.4 is 14.4 Å². The number of nitrogens with one attached hydrogen (secondary N) is 1. The number of sulfonamides is 1. The molecule has 36 heavy (non-hydrogen) atoms. The number of hydrogen-bond acceptors (Lipinski definition) is 6. The van der Waals surface area contributed by atoms with Crippen LogP contribution in [0.15, 0.2) is 83.2 Å². The molecule has 0 unspecified atom stereocenters. The Balaban J connectivity index is 1.65. The van der Waals surface area contributed by atoms with Gasteiger partial charge in [-0.2, -0.15) is 0 Å². The van der Waals surface area contributed by atoms with Crippen LogP contribution in [-0.2, 0) is 14.8 Å². The van der Waals surface area contributed by atoms with E-state index >= 15 is 0 Å². The molecule has 0 spiro atoms. The Morgan fingerprint density at radius 3 is 2.47 bits per heavy atom. The summed E-state index contributed by atoms with van der Waals surface area (Å²) in [6.07, 6.45) is 1.66. The van der Waals surface area contributed by atoms with Crippen molar-refractivity contribution in [2.24, 2.45) is 0 Å². The van der Waals surface area contributed by atoms with Gasteiger partial charge in [0.25, 0.3) is 10.0 Å². The standard InChI is InChI=1S/C27H27N3O4S2/c1-4-34-22-13-11-21(12-14-22)29-26(31)18-30(24-10-7-8-19(2)20(24)3)36(32,33)27-16-15-25(35-27)23-9-5-6-17-28-23/h5-17H,4,18H2,1-3H3,(H,29,31). The van der Waals surface area contributed by atoms with Gasteiger partial charge in [-0.05, 0) is 86.5 Å². The predicted molar refractivity (Wildman–Crippen MR) is 144 cm³/mol. The van der Waals surface area contributed by atoms with Crippen molar-refractivity contribution in [3.63, 3.8) is 0 Å². The third kappa shape index (κ3) is 5.58. The molecule has 2 heterocycles. The topological polar surface area (TPSA) is 88.6 Å². The molecule has 0 fully saturated rings. The van der Waals surface area contributed by atoms with E-state index in [0.717, 1.165) is 27.3 Å². The number of hydrogen-bond donors (Lipinski definition) is 1. The van der Waals surface area contributed by atoms with Crippen LogP contribution in [0.4, 0.5) is 11.4 Å². The van der Waals surface area contributed by atoms with Crippen molar-refractivity contribution < 1.29 is 17.9 Å². The van der Waals surface area contributed by atoms with E-state index in [1.165, 1.54) is 4.31 Å². The maximum Gasteiger partial charge on any atom is 0.274 e. The summed E-state index contributed by atoms with van der Waals surface area (Å²) in [5.74, 6) is 0.238. The molecule has 9 heteroatoms. The molecule has 7 nitrogen and oxygen atoms in total. The van der Waals surface area contributed by atoms with Gasteiger partial charge in [0.2, 0.25) is 5.91 Å². The number of carbonyl (C=O) groups is 1. The number of rotatable bonds is 9. The van der Waals surface area contributed by atoms with Crippen molar-refractivity contribution in [1.82, 2.24) is 4.98 Å². The largest absolute Gasteiger partial charge is 0.494 e.